The Kier molecular flexibility index (Phi) is 4.63. The maximum atomic E-state index is 14.7. The van der Waals surface area contributed by atoms with Crippen LogP contribution in [0.5, 0.6) is 0 Å². The lowest BCUT2D eigenvalue weighted by Crippen LogP contribution is -2.14. The molecule has 26 heavy (non-hydrogen) atoms. The third kappa shape index (κ3) is 3.25. The molecular weight excluding hydrogens is 432 g/mol. The van der Waals surface area contributed by atoms with Gasteiger partial charge in [-0.15, -0.1) is 0 Å². The third-order valence-electron chi connectivity index (χ3n) is 3.53. The summed E-state index contributed by atoms with van der Waals surface area (Å²) in [5.41, 5.74) is -1.08. The topological polar surface area (TPSA) is 91.9 Å². The number of ketones is 1. The first kappa shape index (κ1) is 18.2. The highest BCUT2D eigenvalue weighted by Gasteiger charge is 2.25. The molecule has 2 aromatic heterocycles. The highest BCUT2D eigenvalue weighted by molar-refractivity contribution is 9.10. The van der Waals surface area contributed by atoms with Gasteiger partial charge in [0.1, 0.15) is 11.5 Å². The SMILES string of the molecule is C=CS(=O)(=O)Nc1ccc(F)c(C(=O)c2c[nH]c3ncc(Br)cc23)c1F. The normalized spacial score (nSPS) is 11.5. The first-order chi connectivity index (χ1) is 12.2. The fraction of sp³-hybridized carbons (Fsp3) is 0. The molecule has 0 atom stereocenters. The highest BCUT2D eigenvalue weighted by Crippen LogP contribution is 2.28. The van der Waals surface area contributed by atoms with E-state index in [9.17, 15) is 22.0 Å². The molecule has 0 saturated heterocycles. The number of benzene rings is 1. The van der Waals surface area contributed by atoms with Crippen LogP contribution in [0.1, 0.15) is 15.9 Å². The van der Waals surface area contributed by atoms with Crippen LogP contribution >= 0.6 is 15.9 Å². The maximum Gasteiger partial charge on any atom is 0.254 e. The monoisotopic (exact) mass is 441 g/mol. The zero-order valence-corrected chi connectivity index (χ0v) is 15.3. The van der Waals surface area contributed by atoms with Crippen LogP contribution < -0.4 is 4.72 Å². The molecule has 0 fully saturated rings. The molecule has 0 amide bonds. The lowest BCUT2D eigenvalue weighted by Gasteiger charge is -2.10. The van der Waals surface area contributed by atoms with E-state index in [1.54, 1.807) is 6.07 Å². The molecule has 3 aromatic rings. The van der Waals surface area contributed by atoms with Crippen LogP contribution in [0.2, 0.25) is 0 Å². The van der Waals surface area contributed by atoms with Gasteiger partial charge in [0.25, 0.3) is 10.0 Å². The van der Waals surface area contributed by atoms with Crippen molar-refractivity contribution in [2.24, 2.45) is 0 Å². The number of sulfonamides is 1. The summed E-state index contributed by atoms with van der Waals surface area (Å²) in [5.74, 6) is -3.39. The van der Waals surface area contributed by atoms with Crippen molar-refractivity contribution in [1.29, 1.82) is 0 Å². The second-order valence-corrected chi connectivity index (χ2v) is 7.72. The van der Waals surface area contributed by atoms with E-state index in [4.69, 9.17) is 0 Å². The molecule has 0 aliphatic rings. The van der Waals surface area contributed by atoms with Gasteiger partial charge in [0.2, 0.25) is 5.78 Å². The Labute approximate surface area is 155 Å². The van der Waals surface area contributed by atoms with Gasteiger partial charge in [-0.05, 0) is 34.1 Å². The first-order valence-corrected chi connectivity index (χ1v) is 9.38. The lowest BCUT2D eigenvalue weighted by molar-refractivity contribution is 0.103. The summed E-state index contributed by atoms with van der Waals surface area (Å²) < 4.78 is 54.4. The average molecular weight is 442 g/mol. The van der Waals surface area contributed by atoms with Gasteiger partial charge < -0.3 is 4.98 Å². The Morgan fingerprint density at radius 2 is 2.08 bits per heavy atom. The van der Waals surface area contributed by atoms with Crippen LogP contribution in [-0.4, -0.2) is 24.2 Å². The van der Waals surface area contributed by atoms with Gasteiger partial charge in [0.05, 0.1) is 11.3 Å². The number of aromatic amines is 1. The zero-order valence-electron chi connectivity index (χ0n) is 12.9. The molecule has 134 valence electrons. The van der Waals surface area contributed by atoms with Gasteiger partial charge in [-0.25, -0.2) is 22.2 Å². The Hall–Kier alpha value is -2.59. The van der Waals surface area contributed by atoms with Crippen LogP contribution in [0.15, 0.2) is 47.1 Å². The Morgan fingerprint density at radius 3 is 2.77 bits per heavy atom. The van der Waals surface area contributed by atoms with Crippen LogP contribution in [0.4, 0.5) is 14.5 Å². The number of nitrogens with zero attached hydrogens (tertiary/aromatic N) is 1. The second-order valence-electron chi connectivity index (χ2n) is 5.18. The Bertz CT molecular complexity index is 1160. The average Bonchev–Trinajstić information content (AvgIpc) is 3.00. The first-order valence-electron chi connectivity index (χ1n) is 7.04. The van der Waals surface area contributed by atoms with Gasteiger partial charge in [-0.2, -0.15) is 0 Å². The highest BCUT2D eigenvalue weighted by atomic mass is 79.9. The smallest absolute Gasteiger partial charge is 0.254 e. The quantitative estimate of drug-likeness (QED) is 0.590. The number of carbonyl (C=O) groups is 1. The summed E-state index contributed by atoms with van der Waals surface area (Å²) >= 11 is 3.22. The van der Waals surface area contributed by atoms with Gasteiger partial charge in [-0.3, -0.25) is 9.52 Å². The molecule has 0 spiro atoms. The van der Waals surface area contributed by atoms with Crippen molar-refractivity contribution >= 4 is 48.5 Å². The molecule has 0 unspecified atom stereocenters. The number of rotatable bonds is 5. The number of hydrogen-bond acceptors (Lipinski definition) is 4. The Balaban J connectivity index is 2.15. The molecule has 0 radical (unpaired) electrons. The molecule has 0 bridgehead atoms. The number of nitrogens with one attached hydrogen (secondary N) is 2. The van der Waals surface area contributed by atoms with E-state index in [-0.39, 0.29) is 5.56 Å². The van der Waals surface area contributed by atoms with Gasteiger partial charge in [-0.1, -0.05) is 6.58 Å². The third-order valence-corrected chi connectivity index (χ3v) is 4.91. The van der Waals surface area contributed by atoms with Gasteiger partial charge in [0.15, 0.2) is 5.82 Å². The van der Waals surface area contributed by atoms with Crippen molar-refractivity contribution in [2.75, 3.05) is 4.72 Å². The number of H-pyrrole nitrogens is 1. The number of aromatic nitrogens is 2. The summed E-state index contributed by atoms with van der Waals surface area (Å²) in [7, 11) is -4.03. The van der Waals surface area contributed by atoms with Crippen LogP contribution in [0, 0.1) is 11.6 Å². The molecule has 2 heterocycles. The summed E-state index contributed by atoms with van der Waals surface area (Å²) in [4.78, 5) is 19.5. The van der Waals surface area contributed by atoms with E-state index in [2.05, 4.69) is 32.5 Å². The van der Waals surface area contributed by atoms with Crippen molar-refractivity contribution in [3.8, 4) is 0 Å². The summed E-state index contributed by atoms with van der Waals surface area (Å²) in [6, 6.07) is 3.27. The van der Waals surface area contributed by atoms with Crippen LogP contribution in [0.3, 0.4) is 0 Å². The van der Waals surface area contributed by atoms with Crippen molar-refractivity contribution in [1.82, 2.24) is 9.97 Å². The standard InChI is InChI=1S/C16H10BrF2N3O3S/c1-2-26(24,25)22-12-4-3-11(18)13(14(12)19)15(23)10-7-21-16-9(10)5-8(17)6-20-16/h2-7,22H,1H2,(H,20,21). The number of anilines is 1. The van der Waals surface area contributed by atoms with E-state index in [0.29, 0.717) is 20.9 Å². The molecule has 10 heteroatoms. The maximum absolute atomic E-state index is 14.7. The fourth-order valence-corrected chi connectivity index (χ4v) is 3.21. The summed E-state index contributed by atoms with van der Waals surface area (Å²) in [6.45, 7) is 3.09. The van der Waals surface area contributed by atoms with Crippen molar-refractivity contribution in [2.45, 2.75) is 0 Å². The van der Waals surface area contributed by atoms with Crippen LogP contribution in [-0.2, 0) is 10.0 Å². The predicted octanol–water partition coefficient (Wildman–Crippen LogP) is 3.72. The summed E-state index contributed by atoms with van der Waals surface area (Å²) in [6.07, 6.45) is 2.78. The largest absolute Gasteiger partial charge is 0.345 e. The van der Waals surface area contributed by atoms with E-state index >= 15 is 0 Å². The minimum atomic E-state index is -4.03. The zero-order chi connectivity index (χ0) is 19.1. The predicted molar refractivity (Wildman–Crippen MR) is 96.3 cm³/mol. The molecule has 6 nitrogen and oxygen atoms in total. The van der Waals surface area contributed by atoms with Gasteiger partial charge >= 0.3 is 0 Å². The molecule has 3 rings (SSSR count). The lowest BCUT2D eigenvalue weighted by atomic mass is 10.0. The number of halogens is 3. The molecule has 0 aliphatic carbocycles. The molecule has 0 aliphatic heterocycles. The van der Waals surface area contributed by atoms with Crippen LogP contribution in [0.25, 0.3) is 11.0 Å². The molecular formula is C16H10BrF2N3O3S. The van der Waals surface area contributed by atoms with Crippen molar-refractivity contribution in [3.05, 3.63) is 69.8 Å². The number of fused-ring (bicyclic) bond motifs is 1. The minimum Gasteiger partial charge on any atom is -0.345 e. The molecule has 1 aromatic carbocycles. The van der Waals surface area contributed by atoms with E-state index in [1.165, 1.54) is 12.4 Å². The number of pyridine rings is 1. The molecule has 0 saturated carbocycles. The Morgan fingerprint density at radius 1 is 1.35 bits per heavy atom. The minimum absolute atomic E-state index is 0.00433. The number of carbonyl (C=O) groups excluding carboxylic acids is 1. The molecule has 2 N–H and O–H groups in total. The van der Waals surface area contributed by atoms with E-state index < -0.39 is 38.7 Å². The van der Waals surface area contributed by atoms with E-state index in [1.807, 2.05) is 4.72 Å². The fourth-order valence-electron chi connectivity index (χ4n) is 2.33. The van der Waals surface area contributed by atoms with Gasteiger partial charge in [0, 0.05) is 33.2 Å². The van der Waals surface area contributed by atoms with E-state index in [0.717, 1.165) is 12.1 Å². The van der Waals surface area contributed by atoms with Crippen molar-refractivity contribution < 1.29 is 22.0 Å². The second kappa shape index (κ2) is 6.61. The summed E-state index contributed by atoms with van der Waals surface area (Å²) in [5, 5.41) is 0.931. The van der Waals surface area contributed by atoms with Crippen molar-refractivity contribution in [3.63, 3.8) is 0 Å². The number of hydrogen-bond donors (Lipinski definition) is 2.